The summed E-state index contributed by atoms with van der Waals surface area (Å²) in [5.41, 5.74) is 6.43. The summed E-state index contributed by atoms with van der Waals surface area (Å²) in [6, 6.07) is 6.15. The number of hydrogen-bond acceptors (Lipinski definition) is 4. The lowest BCUT2D eigenvalue weighted by atomic mass is 9.93. The van der Waals surface area contributed by atoms with E-state index in [0.717, 1.165) is 19.6 Å². The lowest BCUT2D eigenvalue weighted by Gasteiger charge is -2.37. The van der Waals surface area contributed by atoms with Gasteiger partial charge >= 0.3 is 5.69 Å². The predicted octanol–water partition coefficient (Wildman–Crippen LogP) is 0.555. The molecule has 21 heavy (non-hydrogen) atoms. The van der Waals surface area contributed by atoms with E-state index in [0.29, 0.717) is 24.2 Å². The van der Waals surface area contributed by atoms with Crippen LogP contribution in [0, 0.1) is 5.92 Å². The molecule has 6 nitrogen and oxygen atoms in total. The highest BCUT2D eigenvalue weighted by atomic mass is 16.2. The third-order valence-corrected chi connectivity index (χ3v) is 4.53. The molecule has 6 heteroatoms. The van der Waals surface area contributed by atoms with Gasteiger partial charge in [0, 0.05) is 25.3 Å². The topological polar surface area (TPSA) is 68.6 Å². The minimum Gasteiger partial charge on any atom is -0.330 e. The average molecular weight is 289 g/mol. The molecule has 2 atom stereocenters. The molecule has 2 aromatic heterocycles. The second-order valence-corrected chi connectivity index (χ2v) is 5.96. The van der Waals surface area contributed by atoms with Gasteiger partial charge in [-0.05, 0) is 44.4 Å². The van der Waals surface area contributed by atoms with Gasteiger partial charge in [0.1, 0.15) is 0 Å². The molecule has 0 amide bonds. The van der Waals surface area contributed by atoms with Gasteiger partial charge in [-0.3, -0.25) is 9.30 Å². The molecule has 3 heterocycles. The number of pyridine rings is 1. The summed E-state index contributed by atoms with van der Waals surface area (Å²) in [4.78, 5) is 14.7. The third kappa shape index (κ3) is 2.87. The molecule has 3 rings (SSSR count). The van der Waals surface area contributed by atoms with Crippen LogP contribution >= 0.6 is 0 Å². The molecule has 2 unspecified atom stereocenters. The predicted molar refractivity (Wildman–Crippen MR) is 82.3 cm³/mol. The van der Waals surface area contributed by atoms with Gasteiger partial charge in [0.15, 0.2) is 5.65 Å². The van der Waals surface area contributed by atoms with Crippen LogP contribution in [0.25, 0.3) is 5.65 Å². The first-order valence-electron chi connectivity index (χ1n) is 7.67. The first-order valence-corrected chi connectivity index (χ1v) is 7.67. The van der Waals surface area contributed by atoms with Crippen LogP contribution in [0.15, 0.2) is 29.2 Å². The van der Waals surface area contributed by atoms with Gasteiger partial charge in [0.2, 0.25) is 0 Å². The van der Waals surface area contributed by atoms with E-state index in [1.54, 1.807) is 15.3 Å². The van der Waals surface area contributed by atoms with E-state index in [1.807, 2.05) is 18.2 Å². The van der Waals surface area contributed by atoms with E-state index in [-0.39, 0.29) is 5.69 Å². The van der Waals surface area contributed by atoms with Crippen LogP contribution < -0.4 is 11.4 Å². The summed E-state index contributed by atoms with van der Waals surface area (Å²) in [5.74, 6) is 0.582. The molecule has 0 radical (unpaired) electrons. The molecule has 2 N–H and O–H groups in total. The molecular weight excluding hydrogens is 266 g/mol. The zero-order chi connectivity index (χ0) is 14.8. The lowest BCUT2D eigenvalue weighted by molar-refractivity contribution is 0.115. The number of fused-ring (bicyclic) bond motifs is 1. The van der Waals surface area contributed by atoms with Crippen LogP contribution in [-0.4, -0.2) is 44.8 Å². The number of aromatic nitrogens is 3. The monoisotopic (exact) mass is 289 g/mol. The smallest absolute Gasteiger partial charge is 0.330 e. The largest absolute Gasteiger partial charge is 0.350 e. The maximum Gasteiger partial charge on any atom is 0.350 e. The number of nitrogens with two attached hydrogens (primary N) is 1. The Balaban J connectivity index is 1.71. The Morgan fingerprint density at radius 3 is 2.95 bits per heavy atom. The van der Waals surface area contributed by atoms with Gasteiger partial charge in [0.25, 0.3) is 0 Å². The van der Waals surface area contributed by atoms with Crippen molar-refractivity contribution in [2.45, 2.75) is 32.4 Å². The Morgan fingerprint density at radius 1 is 1.33 bits per heavy atom. The standard InChI is InChI=1S/C15H23N5O/c1-12-5-6-13(10-16)11-18(12)8-9-20-15(21)19-7-3-2-4-14(19)17-20/h2-4,7,12-13H,5-6,8-11,16H2,1H3. The molecule has 2 aromatic rings. The molecule has 0 spiro atoms. The van der Waals surface area contributed by atoms with Crippen molar-refractivity contribution in [1.82, 2.24) is 19.1 Å². The summed E-state index contributed by atoms with van der Waals surface area (Å²) >= 11 is 0. The Hall–Kier alpha value is -1.66. The lowest BCUT2D eigenvalue weighted by Crippen LogP contribution is -2.45. The maximum atomic E-state index is 12.2. The van der Waals surface area contributed by atoms with E-state index >= 15 is 0 Å². The number of likely N-dealkylation sites (tertiary alicyclic amines) is 1. The van der Waals surface area contributed by atoms with Crippen LogP contribution in [0.1, 0.15) is 19.8 Å². The van der Waals surface area contributed by atoms with Crippen LogP contribution in [0.3, 0.4) is 0 Å². The Morgan fingerprint density at radius 2 is 2.19 bits per heavy atom. The van der Waals surface area contributed by atoms with E-state index in [2.05, 4.69) is 16.9 Å². The second kappa shape index (κ2) is 5.99. The molecule has 0 saturated carbocycles. The summed E-state index contributed by atoms with van der Waals surface area (Å²) in [6.07, 6.45) is 4.15. The van der Waals surface area contributed by atoms with Gasteiger partial charge in [-0.1, -0.05) is 6.07 Å². The summed E-state index contributed by atoms with van der Waals surface area (Å²) in [6.45, 7) is 5.50. The van der Waals surface area contributed by atoms with Gasteiger partial charge in [-0.25, -0.2) is 9.48 Å². The number of piperidine rings is 1. The minimum atomic E-state index is -0.0642. The fraction of sp³-hybridized carbons (Fsp3) is 0.600. The van der Waals surface area contributed by atoms with Gasteiger partial charge in [-0.15, -0.1) is 5.10 Å². The second-order valence-electron chi connectivity index (χ2n) is 5.96. The van der Waals surface area contributed by atoms with Crippen LogP contribution in [0.4, 0.5) is 0 Å². The highest BCUT2D eigenvalue weighted by Gasteiger charge is 2.24. The van der Waals surface area contributed by atoms with Crippen molar-refractivity contribution in [3.8, 4) is 0 Å². The Bertz CT molecular complexity index is 661. The summed E-state index contributed by atoms with van der Waals surface area (Å²) in [5, 5.41) is 4.38. The van der Waals surface area contributed by atoms with Gasteiger partial charge in [0.05, 0.1) is 6.54 Å². The molecule has 1 aliphatic rings. The van der Waals surface area contributed by atoms with Crippen molar-refractivity contribution < 1.29 is 0 Å². The summed E-state index contributed by atoms with van der Waals surface area (Å²) in [7, 11) is 0. The van der Waals surface area contributed by atoms with Crippen molar-refractivity contribution in [3.05, 3.63) is 34.9 Å². The van der Waals surface area contributed by atoms with E-state index < -0.39 is 0 Å². The van der Waals surface area contributed by atoms with Crippen LogP contribution in [0.5, 0.6) is 0 Å². The number of rotatable bonds is 4. The van der Waals surface area contributed by atoms with Crippen molar-refractivity contribution >= 4 is 5.65 Å². The highest BCUT2D eigenvalue weighted by molar-refractivity contribution is 5.35. The first-order chi connectivity index (χ1) is 10.2. The molecule has 0 aliphatic carbocycles. The molecule has 1 fully saturated rings. The Kier molecular flexibility index (Phi) is 4.07. The summed E-state index contributed by atoms with van der Waals surface area (Å²) < 4.78 is 3.15. The molecular formula is C15H23N5O. The molecule has 0 aromatic carbocycles. The number of nitrogens with zero attached hydrogens (tertiary/aromatic N) is 4. The fourth-order valence-electron chi connectivity index (χ4n) is 3.10. The van der Waals surface area contributed by atoms with E-state index in [4.69, 9.17) is 5.73 Å². The average Bonchev–Trinajstić information content (AvgIpc) is 2.83. The SMILES string of the molecule is CC1CCC(CN)CN1CCn1nc2ccccn2c1=O. The van der Waals surface area contributed by atoms with Crippen molar-refractivity contribution in [2.24, 2.45) is 11.7 Å². The molecule has 1 saturated heterocycles. The van der Waals surface area contributed by atoms with E-state index in [1.165, 1.54) is 12.8 Å². The minimum absolute atomic E-state index is 0.0642. The molecule has 114 valence electrons. The van der Waals surface area contributed by atoms with Crippen molar-refractivity contribution in [3.63, 3.8) is 0 Å². The van der Waals surface area contributed by atoms with Crippen molar-refractivity contribution in [2.75, 3.05) is 19.6 Å². The first kappa shape index (κ1) is 14.3. The molecule has 1 aliphatic heterocycles. The van der Waals surface area contributed by atoms with Crippen LogP contribution in [0.2, 0.25) is 0 Å². The Labute approximate surface area is 124 Å². The van der Waals surface area contributed by atoms with E-state index in [9.17, 15) is 4.79 Å². The quantitative estimate of drug-likeness (QED) is 0.893. The number of hydrogen-bond donors (Lipinski definition) is 1. The normalized spacial score (nSPS) is 23.7. The fourth-order valence-corrected chi connectivity index (χ4v) is 3.10. The van der Waals surface area contributed by atoms with Crippen LogP contribution in [-0.2, 0) is 6.54 Å². The molecule has 0 bridgehead atoms. The van der Waals surface area contributed by atoms with Gasteiger partial charge in [-0.2, -0.15) is 0 Å². The highest BCUT2D eigenvalue weighted by Crippen LogP contribution is 2.20. The zero-order valence-corrected chi connectivity index (χ0v) is 12.5. The van der Waals surface area contributed by atoms with Gasteiger partial charge < -0.3 is 5.73 Å². The maximum absolute atomic E-state index is 12.2. The third-order valence-electron chi connectivity index (χ3n) is 4.53. The van der Waals surface area contributed by atoms with Crippen molar-refractivity contribution in [1.29, 1.82) is 0 Å². The zero-order valence-electron chi connectivity index (χ0n) is 12.5.